The van der Waals surface area contributed by atoms with Crippen LogP contribution in [0, 0.1) is 5.92 Å². The van der Waals surface area contributed by atoms with Crippen LogP contribution in [0.5, 0.6) is 5.75 Å². The minimum atomic E-state index is 0.315. The van der Waals surface area contributed by atoms with Crippen molar-refractivity contribution in [3.63, 3.8) is 0 Å². The number of nitrogens with zero attached hydrogens (tertiary/aromatic N) is 1. The van der Waals surface area contributed by atoms with Crippen molar-refractivity contribution in [2.75, 3.05) is 13.2 Å². The molecule has 1 saturated carbocycles. The van der Waals surface area contributed by atoms with Gasteiger partial charge in [-0.3, -0.25) is 4.98 Å². The Hall–Kier alpha value is -1.09. The van der Waals surface area contributed by atoms with Gasteiger partial charge in [0.1, 0.15) is 12.4 Å². The van der Waals surface area contributed by atoms with Crippen LogP contribution in [-0.4, -0.2) is 23.7 Å². The molecular weight excluding hydrogens is 176 g/mol. The molecule has 1 saturated heterocycles. The number of pyridine rings is 1. The van der Waals surface area contributed by atoms with Crippen molar-refractivity contribution in [3.8, 4) is 5.75 Å². The second-order valence-electron chi connectivity index (χ2n) is 4.25. The second-order valence-corrected chi connectivity index (χ2v) is 4.25. The average Bonchev–Trinajstić information content (AvgIpc) is 2.80. The molecule has 2 fully saturated rings. The van der Waals surface area contributed by atoms with Gasteiger partial charge in [0.15, 0.2) is 0 Å². The van der Waals surface area contributed by atoms with Crippen LogP contribution in [-0.2, 0) is 0 Å². The summed E-state index contributed by atoms with van der Waals surface area (Å²) in [5, 5.41) is 3.53. The number of nitrogens with one attached hydrogen (secondary N) is 1. The van der Waals surface area contributed by atoms with E-state index in [0.29, 0.717) is 5.54 Å². The van der Waals surface area contributed by atoms with Crippen LogP contribution in [0.1, 0.15) is 12.8 Å². The Morgan fingerprint density at radius 3 is 3.29 bits per heavy atom. The summed E-state index contributed by atoms with van der Waals surface area (Å²) in [4.78, 5) is 4.02. The summed E-state index contributed by atoms with van der Waals surface area (Å²) in [7, 11) is 0. The van der Waals surface area contributed by atoms with Crippen LogP contribution in [0.3, 0.4) is 0 Å². The highest BCUT2D eigenvalue weighted by Crippen LogP contribution is 2.49. The molecule has 2 aliphatic rings. The fraction of sp³-hybridized carbons (Fsp3) is 0.545. The summed E-state index contributed by atoms with van der Waals surface area (Å²) < 4.78 is 5.71. The lowest BCUT2D eigenvalue weighted by Gasteiger charge is -2.14. The minimum absolute atomic E-state index is 0.315. The van der Waals surface area contributed by atoms with E-state index in [2.05, 4.69) is 10.3 Å². The lowest BCUT2D eigenvalue weighted by Crippen LogP contribution is -2.34. The number of rotatable bonds is 3. The molecule has 3 nitrogen and oxygen atoms in total. The SMILES string of the molecule is c1cncc(OC[C@]23C[C@H]2CCN3)c1. The van der Waals surface area contributed by atoms with Gasteiger partial charge in [-0.1, -0.05) is 0 Å². The molecule has 3 rings (SSSR count). The number of fused-ring (bicyclic) bond motifs is 1. The fourth-order valence-corrected chi connectivity index (χ4v) is 2.34. The minimum Gasteiger partial charge on any atom is -0.490 e. The molecule has 2 heterocycles. The standard InChI is InChI=1S/C11H14N2O/c1-2-10(7-12-4-1)14-8-11-6-9(11)3-5-13-11/h1-2,4,7,9,13H,3,5-6,8H2/t9-,11-/m1/s1. The topological polar surface area (TPSA) is 34.1 Å². The van der Waals surface area contributed by atoms with Gasteiger partial charge in [-0.2, -0.15) is 0 Å². The highest BCUT2D eigenvalue weighted by molar-refractivity contribution is 5.19. The van der Waals surface area contributed by atoms with E-state index < -0.39 is 0 Å². The Morgan fingerprint density at radius 2 is 2.64 bits per heavy atom. The normalized spacial score (nSPS) is 33.9. The van der Waals surface area contributed by atoms with Crippen LogP contribution < -0.4 is 10.1 Å². The van der Waals surface area contributed by atoms with Crippen molar-refractivity contribution in [3.05, 3.63) is 24.5 Å². The van der Waals surface area contributed by atoms with Gasteiger partial charge in [0.25, 0.3) is 0 Å². The van der Waals surface area contributed by atoms with Crippen LogP contribution in [0.2, 0.25) is 0 Å². The lowest BCUT2D eigenvalue weighted by molar-refractivity contribution is 0.257. The molecule has 0 unspecified atom stereocenters. The summed E-state index contributed by atoms with van der Waals surface area (Å²) in [6, 6.07) is 3.86. The number of ether oxygens (including phenoxy) is 1. The van der Waals surface area contributed by atoms with Crippen LogP contribution in [0.25, 0.3) is 0 Å². The number of piperidine rings is 1. The summed E-state index contributed by atoms with van der Waals surface area (Å²) in [5.41, 5.74) is 0.315. The predicted octanol–water partition coefficient (Wildman–Crippen LogP) is 1.21. The first kappa shape index (κ1) is 8.24. The van der Waals surface area contributed by atoms with Crippen molar-refractivity contribution >= 4 is 0 Å². The van der Waals surface area contributed by atoms with E-state index in [1.165, 1.54) is 12.8 Å². The largest absolute Gasteiger partial charge is 0.490 e. The molecule has 1 aromatic heterocycles. The van der Waals surface area contributed by atoms with Crippen molar-refractivity contribution in [1.29, 1.82) is 0 Å². The monoisotopic (exact) mass is 190 g/mol. The van der Waals surface area contributed by atoms with Gasteiger partial charge in [-0.15, -0.1) is 0 Å². The van der Waals surface area contributed by atoms with Crippen LogP contribution in [0.4, 0.5) is 0 Å². The number of hydrogen-bond acceptors (Lipinski definition) is 3. The summed E-state index contributed by atoms with van der Waals surface area (Å²) in [5.74, 6) is 1.74. The van der Waals surface area contributed by atoms with Gasteiger partial charge in [-0.25, -0.2) is 0 Å². The molecular formula is C11H14N2O. The molecule has 0 radical (unpaired) electrons. The Kier molecular flexibility index (Phi) is 1.74. The Morgan fingerprint density at radius 1 is 1.64 bits per heavy atom. The quantitative estimate of drug-likeness (QED) is 0.778. The van der Waals surface area contributed by atoms with E-state index in [-0.39, 0.29) is 0 Å². The van der Waals surface area contributed by atoms with Crippen molar-refractivity contribution in [1.82, 2.24) is 10.3 Å². The molecule has 74 valence electrons. The third-order valence-electron chi connectivity index (χ3n) is 3.33. The van der Waals surface area contributed by atoms with E-state index in [0.717, 1.165) is 24.8 Å². The van der Waals surface area contributed by atoms with E-state index in [4.69, 9.17) is 4.74 Å². The maximum Gasteiger partial charge on any atom is 0.137 e. The highest BCUT2D eigenvalue weighted by atomic mass is 16.5. The smallest absolute Gasteiger partial charge is 0.137 e. The van der Waals surface area contributed by atoms with E-state index in [9.17, 15) is 0 Å². The fourth-order valence-electron chi connectivity index (χ4n) is 2.34. The molecule has 3 heteroatoms. The maximum atomic E-state index is 5.71. The average molecular weight is 190 g/mol. The van der Waals surface area contributed by atoms with Crippen molar-refractivity contribution < 1.29 is 4.74 Å². The van der Waals surface area contributed by atoms with Crippen molar-refractivity contribution in [2.45, 2.75) is 18.4 Å². The summed E-state index contributed by atoms with van der Waals surface area (Å²) in [6.45, 7) is 1.95. The predicted molar refractivity (Wildman–Crippen MR) is 53.2 cm³/mol. The molecule has 0 amide bonds. The maximum absolute atomic E-state index is 5.71. The zero-order valence-electron chi connectivity index (χ0n) is 8.07. The van der Waals surface area contributed by atoms with Crippen LogP contribution >= 0.6 is 0 Å². The summed E-state index contributed by atoms with van der Waals surface area (Å²) in [6.07, 6.45) is 6.13. The first-order chi connectivity index (χ1) is 6.89. The third kappa shape index (κ3) is 1.28. The molecule has 0 spiro atoms. The van der Waals surface area contributed by atoms with Gasteiger partial charge >= 0.3 is 0 Å². The Bertz CT molecular complexity index is 327. The van der Waals surface area contributed by atoms with Gasteiger partial charge in [0.05, 0.1) is 11.7 Å². The van der Waals surface area contributed by atoms with E-state index in [1.54, 1.807) is 12.4 Å². The molecule has 14 heavy (non-hydrogen) atoms. The van der Waals surface area contributed by atoms with E-state index >= 15 is 0 Å². The van der Waals surface area contributed by atoms with Gasteiger partial charge in [0, 0.05) is 6.20 Å². The zero-order chi connectivity index (χ0) is 9.43. The molecule has 1 aliphatic heterocycles. The Balaban J connectivity index is 1.60. The third-order valence-corrected chi connectivity index (χ3v) is 3.33. The van der Waals surface area contributed by atoms with E-state index in [1.807, 2.05) is 12.1 Å². The van der Waals surface area contributed by atoms with Crippen molar-refractivity contribution in [2.24, 2.45) is 5.92 Å². The molecule has 1 aromatic rings. The second kappa shape index (κ2) is 2.95. The van der Waals surface area contributed by atoms with Crippen LogP contribution in [0.15, 0.2) is 24.5 Å². The first-order valence-electron chi connectivity index (χ1n) is 5.17. The molecule has 2 atom stereocenters. The molecule has 1 aliphatic carbocycles. The van der Waals surface area contributed by atoms with Gasteiger partial charge in [0.2, 0.25) is 0 Å². The zero-order valence-corrected chi connectivity index (χ0v) is 8.07. The number of hydrogen-bond donors (Lipinski definition) is 1. The summed E-state index contributed by atoms with van der Waals surface area (Å²) >= 11 is 0. The van der Waals surface area contributed by atoms with Gasteiger partial charge in [-0.05, 0) is 37.4 Å². The highest BCUT2D eigenvalue weighted by Gasteiger charge is 2.57. The first-order valence-corrected chi connectivity index (χ1v) is 5.17. The molecule has 1 N–H and O–H groups in total. The molecule has 0 aromatic carbocycles. The Labute approximate surface area is 83.5 Å². The van der Waals surface area contributed by atoms with Gasteiger partial charge < -0.3 is 10.1 Å². The lowest BCUT2D eigenvalue weighted by atomic mass is 10.2. The molecule has 0 bridgehead atoms. The number of aromatic nitrogens is 1.